The predicted molar refractivity (Wildman–Crippen MR) is 95.5 cm³/mol. The van der Waals surface area contributed by atoms with Gasteiger partial charge in [0.25, 0.3) is 0 Å². The molecule has 0 aliphatic rings. The van der Waals surface area contributed by atoms with E-state index in [0.29, 0.717) is 25.6 Å². The summed E-state index contributed by atoms with van der Waals surface area (Å²) in [5.74, 6) is 1.73. The molecule has 0 aliphatic carbocycles. The molecule has 0 amide bonds. The topological polar surface area (TPSA) is 70.8 Å². The van der Waals surface area contributed by atoms with Crippen molar-refractivity contribution in [1.82, 2.24) is 0 Å². The Morgan fingerprint density at radius 1 is 1.17 bits per heavy atom. The molecule has 136 valence electrons. The van der Waals surface area contributed by atoms with E-state index in [1.54, 1.807) is 0 Å². The maximum Gasteiger partial charge on any atom is 0.322 e. The summed E-state index contributed by atoms with van der Waals surface area (Å²) in [6.07, 6.45) is 3.46. The summed E-state index contributed by atoms with van der Waals surface area (Å²) >= 11 is 0. The van der Waals surface area contributed by atoms with Crippen molar-refractivity contribution in [1.29, 1.82) is 0 Å². The number of methoxy groups -OCH3 is 1. The molecule has 0 aliphatic heterocycles. The first-order valence-corrected chi connectivity index (χ1v) is 8.77. The molecule has 2 unspecified atom stereocenters. The lowest BCUT2D eigenvalue weighted by molar-refractivity contribution is -0.142. The largest absolute Gasteiger partial charge is 0.494 e. The van der Waals surface area contributed by atoms with E-state index in [2.05, 4.69) is 13.0 Å². The maximum absolute atomic E-state index is 11.5. The van der Waals surface area contributed by atoms with Crippen molar-refractivity contribution in [3.63, 3.8) is 0 Å². The van der Waals surface area contributed by atoms with Crippen LogP contribution in [0.1, 0.15) is 45.6 Å². The van der Waals surface area contributed by atoms with E-state index >= 15 is 0 Å². The monoisotopic (exact) mass is 337 g/mol. The third-order valence-electron chi connectivity index (χ3n) is 4.14. The van der Waals surface area contributed by atoms with Crippen molar-refractivity contribution >= 4 is 5.97 Å². The van der Waals surface area contributed by atoms with Crippen molar-refractivity contribution in [2.75, 3.05) is 20.3 Å². The molecule has 0 fully saturated rings. The van der Waals surface area contributed by atoms with Gasteiger partial charge in [-0.1, -0.05) is 19.4 Å². The number of hydrogen-bond acceptors (Lipinski definition) is 5. The number of carbonyl (C=O) groups excluding carboxylic acids is 1. The van der Waals surface area contributed by atoms with Gasteiger partial charge in [-0.2, -0.15) is 0 Å². The normalized spacial score (nSPS) is 13.2. The number of aryl methyl sites for hydroxylation is 1. The lowest BCUT2D eigenvalue weighted by Gasteiger charge is -2.19. The summed E-state index contributed by atoms with van der Waals surface area (Å²) in [5.41, 5.74) is 7.05. The standard InChI is InChI=1S/C19H31NO4/c1-5-14(12-17(20)19(21)22-4)8-9-15-10-11-16(23-6-2)13-18(15)24-7-3/h10-11,13-14,17H,5-9,12,20H2,1-4H3. The van der Waals surface area contributed by atoms with Crippen LogP contribution in [0.5, 0.6) is 11.5 Å². The zero-order valence-corrected chi connectivity index (χ0v) is 15.3. The van der Waals surface area contributed by atoms with E-state index in [-0.39, 0.29) is 5.97 Å². The second-order valence-electron chi connectivity index (χ2n) is 5.81. The van der Waals surface area contributed by atoms with E-state index in [1.165, 1.54) is 7.11 Å². The minimum Gasteiger partial charge on any atom is -0.494 e. The zero-order valence-electron chi connectivity index (χ0n) is 15.3. The molecule has 0 saturated carbocycles. The Bertz CT molecular complexity index is 504. The highest BCUT2D eigenvalue weighted by Crippen LogP contribution is 2.28. The van der Waals surface area contributed by atoms with Gasteiger partial charge < -0.3 is 19.9 Å². The molecular formula is C19H31NO4. The Morgan fingerprint density at radius 3 is 2.46 bits per heavy atom. The molecule has 0 bridgehead atoms. The smallest absolute Gasteiger partial charge is 0.322 e. The molecule has 0 saturated heterocycles. The molecule has 5 nitrogen and oxygen atoms in total. The fourth-order valence-electron chi connectivity index (χ4n) is 2.74. The van der Waals surface area contributed by atoms with Gasteiger partial charge in [0.15, 0.2) is 0 Å². The van der Waals surface area contributed by atoms with Crippen LogP contribution in [-0.4, -0.2) is 32.3 Å². The number of esters is 1. The third-order valence-corrected chi connectivity index (χ3v) is 4.14. The van der Waals surface area contributed by atoms with Crippen LogP contribution in [0.15, 0.2) is 18.2 Å². The lowest BCUT2D eigenvalue weighted by atomic mass is 9.91. The summed E-state index contributed by atoms with van der Waals surface area (Å²) in [6.45, 7) is 7.31. The highest BCUT2D eigenvalue weighted by atomic mass is 16.5. The molecule has 0 spiro atoms. The van der Waals surface area contributed by atoms with Crippen LogP contribution in [-0.2, 0) is 16.0 Å². The van der Waals surface area contributed by atoms with Gasteiger partial charge in [0.05, 0.1) is 20.3 Å². The summed E-state index contributed by atoms with van der Waals surface area (Å²) in [6, 6.07) is 5.43. The van der Waals surface area contributed by atoms with Crippen LogP contribution in [0.4, 0.5) is 0 Å². The summed E-state index contributed by atoms with van der Waals surface area (Å²) in [5, 5.41) is 0. The van der Waals surface area contributed by atoms with E-state index < -0.39 is 6.04 Å². The van der Waals surface area contributed by atoms with Crippen molar-refractivity contribution in [3.8, 4) is 11.5 Å². The summed E-state index contributed by atoms with van der Waals surface area (Å²) < 4.78 is 16.0. The van der Waals surface area contributed by atoms with Gasteiger partial charge in [0.1, 0.15) is 17.5 Å². The zero-order chi connectivity index (χ0) is 17.9. The summed E-state index contributed by atoms with van der Waals surface area (Å²) in [7, 11) is 1.37. The average Bonchev–Trinajstić information content (AvgIpc) is 2.59. The Morgan fingerprint density at radius 2 is 1.88 bits per heavy atom. The number of nitrogens with two attached hydrogens (primary N) is 1. The molecule has 0 heterocycles. The number of carbonyl (C=O) groups is 1. The number of benzene rings is 1. The Kier molecular flexibility index (Phi) is 9.23. The van der Waals surface area contributed by atoms with Gasteiger partial charge in [0.2, 0.25) is 0 Å². The molecule has 0 aromatic heterocycles. The molecule has 5 heteroatoms. The molecular weight excluding hydrogens is 306 g/mol. The highest BCUT2D eigenvalue weighted by Gasteiger charge is 2.19. The van der Waals surface area contributed by atoms with E-state index in [0.717, 1.165) is 36.3 Å². The quantitative estimate of drug-likeness (QED) is 0.627. The Balaban J connectivity index is 2.71. The fraction of sp³-hybridized carbons (Fsp3) is 0.632. The first kappa shape index (κ1) is 20.3. The van der Waals surface area contributed by atoms with Gasteiger partial charge in [-0.15, -0.1) is 0 Å². The van der Waals surface area contributed by atoms with Crippen LogP contribution in [0, 0.1) is 5.92 Å². The van der Waals surface area contributed by atoms with Crippen LogP contribution in [0.2, 0.25) is 0 Å². The van der Waals surface area contributed by atoms with Crippen LogP contribution >= 0.6 is 0 Å². The van der Waals surface area contributed by atoms with Crippen LogP contribution < -0.4 is 15.2 Å². The first-order valence-electron chi connectivity index (χ1n) is 8.77. The third kappa shape index (κ3) is 6.40. The van der Waals surface area contributed by atoms with Crippen LogP contribution in [0.3, 0.4) is 0 Å². The molecule has 0 radical (unpaired) electrons. The fourth-order valence-corrected chi connectivity index (χ4v) is 2.74. The van der Waals surface area contributed by atoms with Gasteiger partial charge in [-0.3, -0.25) is 4.79 Å². The maximum atomic E-state index is 11.5. The summed E-state index contributed by atoms with van der Waals surface area (Å²) in [4.78, 5) is 11.5. The number of rotatable bonds is 11. The van der Waals surface area contributed by atoms with E-state index in [9.17, 15) is 4.79 Å². The van der Waals surface area contributed by atoms with Gasteiger partial charge in [0, 0.05) is 6.07 Å². The molecule has 2 atom stereocenters. The first-order chi connectivity index (χ1) is 11.5. The minimum absolute atomic E-state index is 0.343. The Labute approximate surface area is 145 Å². The molecule has 24 heavy (non-hydrogen) atoms. The van der Waals surface area contributed by atoms with Crippen LogP contribution in [0.25, 0.3) is 0 Å². The van der Waals surface area contributed by atoms with Crippen molar-refractivity contribution in [3.05, 3.63) is 23.8 Å². The second-order valence-corrected chi connectivity index (χ2v) is 5.81. The SMILES string of the molecule is CCOc1ccc(CCC(CC)CC(N)C(=O)OC)c(OCC)c1. The van der Waals surface area contributed by atoms with Crippen molar-refractivity contribution < 1.29 is 19.0 Å². The number of ether oxygens (including phenoxy) is 3. The van der Waals surface area contributed by atoms with Crippen molar-refractivity contribution in [2.45, 2.75) is 52.5 Å². The lowest BCUT2D eigenvalue weighted by Crippen LogP contribution is -2.33. The second kappa shape index (κ2) is 10.9. The van der Waals surface area contributed by atoms with Gasteiger partial charge >= 0.3 is 5.97 Å². The van der Waals surface area contributed by atoms with Crippen molar-refractivity contribution in [2.24, 2.45) is 11.7 Å². The van der Waals surface area contributed by atoms with E-state index in [4.69, 9.17) is 19.9 Å². The minimum atomic E-state index is -0.549. The molecule has 1 aromatic rings. The van der Waals surface area contributed by atoms with Gasteiger partial charge in [-0.25, -0.2) is 0 Å². The molecule has 1 rings (SSSR count). The molecule has 1 aromatic carbocycles. The predicted octanol–water partition coefficient (Wildman–Crippen LogP) is 3.33. The average molecular weight is 337 g/mol. The highest BCUT2D eigenvalue weighted by molar-refractivity contribution is 5.75. The van der Waals surface area contributed by atoms with Gasteiger partial charge in [-0.05, 0) is 50.7 Å². The number of hydrogen-bond donors (Lipinski definition) is 1. The Hall–Kier alpha value is -1.75. The molecule has 2 N–H and O–H groups in total. The van der Waals surface area contributed by atoms with E-state index in [1.807, 2.05) is 26.0 Å².